The summed E-state index contributed by atoms with van der Waals surface area (Å²) in [7, 11) is 0. The highest BCUT2D eigenvalue weighted by molar-refractivity contribution is 7.09. The third kappa shape index (κ3) is 3.51. The van der Waals surface area contributed by atoms with Crippen LogP contribution in [0, 0.1) is 13.8 Å². The molecule has 2 heterocycles. The van der Waals surface area contributed by atoms with Crippen LogP contribution in [0.1, 0.15) is 26.8 Å². The topological polar surface area (TPSA) is 74.8 Å². The number of aryl methyl sites for hydroxylation is 2. The van der Waals surface area contributed by atoms with Crippen LogP contribution in [0.3, 0.4) is 0 Å². The Morgan fingerprint density at radius 3 is 2.89 bits per heavy atom. The lowest BCUT2D eigenvalue weighted by molar-refractivity contribution is 0.0952. The van der Waals surface area contributed by atoms with E-state index in [1.165, 1.54) is 12.3 Å². The van der Waals surface area contributed by atoms with Crippen LogP contribution in [-0.2, 0) is 6.42 Å². The molecule has 100 valence electrons. The summed E-state index contributed by atoms with van der Waals surface area (Å²) in [5, 5.41) is 5.68. The Kier molecular flexibility index (Phi) is 4.11. The molecule has 2 N–H and O–H groups in total. The summed E-state index contributed by atoms with van der Waals surface area (Å²) in [4.78, 5) is 30.6. The first-order chi connectivity index (χ1) is 9.06. The predicted octanol–water partition coefficient (Wildman–Crippen LogP) is 1.42. The van der Waals surface area contributed by atoms with Gasteiger partial charge in [-0.2, -0.15) is 0 Å². The smallest absolute Gasteiger partial charge is 0.256 e. The van der Waals surface area contributed by atoms with Gasteiger partial charge in [0.2, 0.25) is 0 Å². The zero-order valence-electron chi connectivity index (χ0n) is 10.8. The van der Waals surface area contributed by atoms with E-state index in [0.29, 0.717) is 13.0 Å². The normalized spacial score (nSPS) is 10.4. The maximum Gasteiger partial charge on any atom is 0.256 e. The van der Waals surface area contributed by atoms with E-state index in [9.17, 15) is 9.59 Å². The monoisotopic (exact) mass is 277 g/mol. The third-order valence-electron chi connectivity index (χ3n) is 2.59. The minimum atomic E-state index is -0.352. The third-order valence-corrected chi connectivity index (χ3v) is 3.62. The number of carbonyl (C=O) groups is 1. The van der Waals surface area contributed by atoms with Gasteiger partial charge in [-0.1, -0.05) is 0 Å². The zero-order chi connectivity index (χ0) is 13.8. The van der Waals surface area contributed by atoms with Crippen LogP contribution in [0.15, 0.2) is 22.4 Å². The molecule has 0 saturated carbocycles. The molecule has 0 aliphatic carbocycles. The van der Waals surface area contributed by atoms with Gasteiger partial charge >= 0.3 is 0 Å². The summed E-state index contributed by atoms with van der Waals surface area (Å²) in [6.07, 6.45) is 2.12. The van der Waals surface area contributed by atoms with Gasteiger partial charge in [0.1, 0.15) is 5.56 Å². The zero-order valence-corrected chi connectivity index (χ0v) is 11.6. The van der Waals surface area contributed by atoms with E-state index in [4.69, 9.17) is 0 Å². The molecule has 0 aliphatic heterocycles. The van der Waals surface area contributed by atoms with Crippen molar-refractivity contribution >= 4 is 17.2 Å². The van der Waals surface area contributed by atoms with Crippen LogP contribution < -0.4 is 10.7 Å². The highest BCUT2D eigenvalue weighted by Gasteiger charge is 2.09. The molecule has 0 unspecified atom stereocenters. The molecule has 0 aliphatic rings. The van der Waals surface area contributed by atoms with Gasteiger partial charge in [0.15, 0.2) is 5.43 Å². The first-order valence-electron chi connectivity index (χ1n) is 5.95. The number of nitrogens with one attached hydrogen (secondary N) is 2. The Bertz CT molecular complexity index is 645. The van der Waals surface area contributed by atoms with Crippen molar-refractivity contribution in [2.75, 3.05) is 6.54 Å². The number of amides is 1. The maximum atomic E-state index is 11.8. The lowest BCUT2D eigenvalue weighted by Gasteiger charge is -2.03. The molecule has 2 rings (SSSR count). The minimum Gasteiger partial charge on any atom is -0.364 e. The maximum absolute atomic E-state index is 11.8. The number of hydrogen-bond donors (Lipinski definition) is 2. The second-order valence-electron chi connectivity index (χ2n) is 4.28. The molecule has 0 bridgehead atoms. The molecule has 5 nitrogen and oxygen atoms in total. The summed E-state index contributed by atoms with van der Waals surface area (Å²) >= 11 is 1.57. The van der Waals surface area contributed by atoms with Crippen molar-refractivity contribution in [3.8, 4) is 0 Å². The average molecular weight is 277 g/mol. The number of aromatic amines is 1. The fraction of sp³-hybridized carbons (Fsp3) is 0.308. The fourth-order valence-electron chi connectivity index (χ4n) is 1.65. The van der Waals surface area contributed by atoms with Crippen LogP contribution >= 0.6 is 11.3 Å². The molecule has 2 aromatic heterocycles. The Morgan fingerprint density at radius 1 is 1.47 bits per heavy atom. The molecule has 0 radical (unpaired) electrons. The molecule has 2 aromatic rings. The van der Waals surface area contributed by atoms with Crippen LogP contribution in [0.5, 0.6) is 0 Å². The van der Waals surface area contributed by atoms with Gasteiger partial charge in [0.25, 0.3) is 5.91 Å². The molecule has 6 heteroatoms. The molecule has 0 atom stereocenters. The SMILES string of the molecule is Cc1csc(CCNC(=O)c2c[nH]c(C)cc2=O)n1. The molecular weight excluding hydrogens is 262 g/mol. The van der Waals surface area contributed by atoms with Crippen molar-refractivity contribution in [1.29, 1.82) is 0 Å². The molecule has 0 aromatic carbocycles. The summed E-state index contributed by atoms with van der Waals surface area (Å²) in [6.45, 7) is 4.18. The van der Waals surface area contributed by atoms with Crippen molar-refractivity contribution in [2.24, 2.45) is 0 Å². The molecule has 1 amide bonds. The van der Waals surface area contributed by atoms with Crippen LogP contribution in [0.25, 0.3) is 0 Å². The van der Waals surface area contributed by atoms with E-state index in [-0.39, 0.29) is 16.9 Å². The van der Waals surface area contributed by atoms with E-state index in [0.717, 1.165) is 16.4 Å². The lowest BCUT2D eigenvalue weighted by atomic mass is 10.2. The van der Waals surface area contributed by atoms with Crippen molar-refractivity contribution < 1.29 is 4.79 Å². The van der Waals surface area contributed by atoms with Crippen molar-refractivity contribution in [3.63, 3.8) is 0 Å². The standard InChI is InChI=1S/C13H15N3O2S/c1-8-5-11(17)10(6-15-8)13(18)14-4-3-12-16-9(2)7-19-12/h5-7H,3-4H2,1-2H3,(H,14,18)(H,15,17). The Morgan fingerprint density at radius 2 is 2.26 bits per heavy atom. The van der Waals surface area contributed by atoms with Crippen molar-refractivity contribution in [2.45, 2.75) is 20.3 Å². The largest absolute Gasteiger partial charge is 0.364 e. The molecular formula is C13H15N3O2S. The predicted molar refractivity (Wildman–Crippen MR) is 74.7 cm³/mol. The van der Waals surface area contributed by atoms with E-state index >= 15 is 0 Å². The van der Waals surface area contributed by atoms with Crippen molar-refractivity contribution in [3.05, 3.63) is 49.8 Å². The minimum absolute atomic E-state index is 0.140. The van der Waals surface area contributed by atoms with Crippen molar-refractivity contribution in [1.82, 2.24) is 15.3 Å². The highest BCUT2D eigenvalue weighted by atomic mass is 32.1. The van der Waals surface area contributed by atoms with Gasteiger partial charge in [0.05, 0.1) is 5.01 Å². The van der Waals surface area contributed by atoms with Gasteiger partial charge in [-0.05, 0) is 13.8 Å². The van der Waals surface area contributed by atoms with Gasteiger partial charge in [-0.3, -0.25) is 9.59 Å². The van der Waals surface area contributed by atoms with Gasteiger partial charge in [0, 0.05) is 42.0 Å². The number of nitrogens with zero attached hydrogens (tertiary/aromatic N) is 1. The summed E-state index contributed by atoms with van der Waals surface area (Å²) in [6, 6.07) is 1.42. The quantitative estimate of drug-likeness (QED) is 0.887. The number of pyridine rings is 1. The number of H-pyrrole nitrogens is 1. The Labute approximate surface area is 114 Å². The number of carbonyl (C=O) groups excluding carboxylic acids is 1. The van der Waals surface area contributed by atoms with E-state index in [2.05, 4.69) is 15.3 Å². The van der Waals surface area contributed by atoms with E-state index in [1.807, 2.05) is 12.3 Å². The Balaban J connectivity index is 1.92. The fourth-order valence-corrected chi connectivity index (χ4v) is 2.42. The number of thiazole rings is 1. The second-order valence-corrected chi connectivity index (χ2v) is 5.23. The summed E-state index contributed by atoms with van der Waals surface area (Å²) in [5.74, 6) is -0.352. The van der Waals surface area contributed by atoms with Gasteiger partial charge in [-0.25, -0.2) is 4.98 Å². The summed E-state index contributed by atoms with van der Waals surface area (Å²) < 4.78 is 0. The first kappa shape index (κ1) is 13.5. The van der Waals surface area contributed by atoms with Crippen LogP contribution in [0.2, 0.25) is 0 Å². The van der Waals surface area contributed by atoms with Crippen LogP contribution in [-0.4, -0.2) is 22.4 Å². The molecule has 0 spiro atoms. The second kappa shape index (κ2) is 5.79. The van der Waals surface area contributed by atoms with Gasteiger partial charge < -0.3 is 10.3 Å². The number of hydrogen-bond acceptors (Lipinski definition) is 4. The van der Waals surface area contributed by atoms with Crippen LogP contribution in [0.4, 0.5) is 0 Å². The lowest BCUT2D eigenvalue weighted by Crippen LogP contribution is -2.30. The summed E-state index contributed by atoms with van der Waals surface area (Å²) in [5.41, 5.74) is 1.60. The number of aromatic nitrogens is 2. The Hall–Kier alpha value is -1.95. The van der Waals surface area contributed by atoms with E-state index < -0.39 is 0 Å². The average Bonchev–Trinajstić information content (AvgIpc) is 2.75. The molecule has 0 fully saturated rings. The molecule has 0 saturated heterocycles. The van der Waals surface area contributed by atoms with Gasteiger partial charge in [-0.15, -0.1) is 11.3 Å². The molecule has 19 heavy (non-hydrogen) atoms. The number of rotatable bonds is 4. The first-order valence-corrected chi connectivity index (χ1v) is 6.83. The van der Waals surface area contributed by atoms with E-state index in [1.54, 1.807) is 18.3 Å². The highest BCUT2D eigenvalue weighted by Crippen LogP contribution is 2.08.